The average Bonchev–Trinajstić information content (AvgIpc) is 2.26. The summed E-state index contributed by atoms with van der Waals surface area (Å²) in [6, 6.07) is 3.82. The minimum absolute atomic E-state index is 0.433. The number of aromatic nitrogens is 1. The summed E-state index contributed by atoms with van der Waals surface area (Å²) in [5.41, 5.74) is 0.503. The highest BCUT2D eigenvalue weighted by Gasteiger charge is 2.21. The topological polar surface area (TPSA) is 66.1 Å². The average molecular weight is 364 g/mol. The molecule has 0 bridgehead atoms. The van der Waals surface area contributed by atoms with E-state index in [2.05, 4.69) is 36.8 Å². The minimum Gasteiger partial charge on any atom is -0.391 e. The molecule has 0 aliphatic heterocycles. The van der Waals surface area contributed by atoms with Gasteiger partial charge in [-0.05, 0) is 51.8 Å². The highest BCUT2D eigenvalue weighted by atomic mass is 79.9. The molecular weight excluding hydrogens is 352 g/mol. The van der Waals surface area contributed by atoms with Gasteiger partial charge in [-0.2, -0.15) is 5.26 Å². The lowest BCUT2D eigenvalue weighted by Crippen LogP contribution is -2.25. The number of ether oxygens (including phenoxy) is 1. The number of rotatable bonds is 4. The van der Waals surface area contributed by atoms with Gasteiger partial charge in [0.2, 0.25) is 0 Å². The first-order valence-corrected chi connectivity index (χ1v) is 6.58. The Bertz CT molecular complexity index is 432. The Hall–Kier alpha value is -0.480. The molecule has 1 aromatic heterocycles. The van der Waals surface area contributed by atoms with Gasteiger partial charge < -0.3 is 9.84 Å². The van der Waals surface area contributed by atoms with Crippen molar-refractivity contribution in [3.8, 4) is 6.07 Å². The van der Waals surface area contributed by atoms with E-state index >= 15 is 0 Å². The van der Waals surface area contributed by atoms with E-state index in [-0.39, 0.29) is 0 Å². The van der Waals surface area contributed by atoms with Gasteiger partial charge in [-0.3, -0.25) is 4.98 Å². The molecule has 0 aliphatic carbocycles. The third-order valence-electron chi connectivity index (χ3n) is 2.23. The zero-order chi connectivity index (χ0) is 13.0. The van der Waals surface area contributed by atoms with Crippen molar-refractivity contribution in [1.29, 1.82) is 5.26 Å². The Morgan fingerprint density at radius 3 is 2.59 bits per heavy atom. The van der Waals surface area contributed by atoms with Gasteiger partial charge in [-0.25, -0.2) is 0 Å². The summed E-state index contributed by atoms with van der Waals surface area (Å²) in [5.74, 6) is 0. The molecule has 0 aliphatic rings. The Balaban J connectivity index is 2.91. The lowest BCUT2D eigenvalue weighted by molar-refractivity contribution is -0.0440. The zero-order valence-electron chi connectivity index (χ0n) is 9.39. The summed E-state index contributed by atoms with van der Waals surface area (Å²) in [4.78, 5) is 4.14. The van der Waals surface area contributed by atoms with Crippen molar-refractivity contribution in [2.75, 3.05) is 0 Å². The molecule has 0 fully saturated rings. The third kappa shape index (κ3) is 4.03. The maximum Gasteiger partial charge on any atom is 0.187 e. The molecule has 3 unspecified atom stereocenters. The second-order valence-electron chi connectivity index (χ2n) is 3.61. The number of aliphatic hydroxyl groups excluding tert-OH is 1. The van der Waals surface area contributed by atoms with E-state index in [0.29, 0.717) is 10.2 Å². The molecule has 1 heterocycles. The first-order valence-electron chi connectivity index (χ1n) is 4.99. The van der Waals surface area contributed by atoms with Crippen LogP contribution in [0.1, 0.15) is 25.6 Å². The van der Waals surface area contributed by atoms with E-state index in [1.165, 1.54) is 0 Å². The summed E-state index contributed by atoms with van der Waals surface area (Å²) < 4.78 is 6.95. The molecule has 0 amide bonds. The standard InChI is InChI=1S/C11H12Br2N2O2/c1-6(16)7(2)17-10(4-14)11-9(13)3-8(12)5-15-11/h3,5-7,10,16H,1-2H3. The van der Waals surface area contributed by atoms with Gasteiger partial charge in [0.1, 0.15) is 6.07 Å². The largest absolute Gasteiger partial charge is 0.391 e. The Morgan fingerprint density at radius 1 is 1.47 bits per heavy atom. The van der Waals surface area contributed by atoms with Crippen molar-refractivity contribution >= 4 is 31.9 Å². The van der Waals surface area contributed by atoms with Crippen LogP contribution in [0.25, 0.3) is 0 Å². The molecule has 3 atom stereocenters. The van der Waals surface area contributed by atoms with Crippen LogP contribution in [0.3, 0.4) is 0 Å². The number of halogens is 2. The molecule has 1 rings (SSSR count). The first-order chi connectivity index (χ1) is 7.95. The lowest BCUT2D eigenvalue weighted by Gasteiger charge is -2.19. The van der Waals surface area contributed by atoms with Crippen LogP contribution in [0.15, 0.2) is 21.2 Å². The summed E-state index contributed by atoms with van der Waals surface area (Å²) in [7, 11) is 0. The Labute approximate surface area is 117 Å². The smallest absolute Gasteiger partial charge is 0.187 e. The normalized spacial score (nSPS) is 16.0. The fourth-order valence-corrected chi connectivity index (χ4v) is 2.30. The maximum atomic E-state index is 9.35. The number of hydrogen-bond acceptors (Lipinski definition) is 4. The van der Waals surface area contributed by atoms with Gasteiger partial charge in [-0.15, -0.1) is 0 Å². The van der Waals surface area contributed by atoms with Gasteiger partial charge in [0.25, 0.3) is 0 Å². The zero-order valence-corrected chi connectivity index (χ0v) is 12.6. The van der Waals surface area contributed by atoms with Gasteiger partial charge in [0, 0.05) is 15.1 Å². The highest BCUT2D eigenvalue weighted by molar-refractivity contribution is 9.11. The second-order valence-corrected chi connectivity index (χ2v) is 5.38. The van der Waals surface area contributed by atoms with E-state index in [4.69, 9.17) is 10.00 Å². The van der Waals surface area contributed by atoms with Crippen LogP contribution in [0.2, 0.25) is 0 Å². The van der Waals surface area contributed by atoms with Crippen LogP contribution >= 0.6 is 31.9 Å². The monoisotopic (exact) mass is 362 g/mol. The summed E-state index contributed by atoms with van der Waals surface area (Å²) in [6.45, 7) is 3.32. The van der Waals surface area contributed by atoms with Crippen LogP contribution < -0.4 is 0 Å². The van der Waals surface area contributed by atoms with Crippen LogP contribution in [0.4, 0.5) is 0 Å². The minimum atomic E-state index is -0.804. The summed E-state index contributed by atoms with van der Waals surface area (Å²) in [6.07, 6.45) is -0.278. The quantitative estimate of drug-likeness (QED) is 0.892. The fourth-order valence-electron chi connectivity index (χ4n) is 1.10. The van der Waals surface area contributed by atoms with E-state index in [1.807, 2.05) is 6.07 Å². The predicted octanol–water partition coefficient (Wildman–Crippen LogP) is 2.96. The highest BCUT2D eigenvalue weighted by Crippen LogP contribution is 2.27. The van der Waals surface area contributed by atoms with Crippen LogP contribution in [0, 0.1) is 11.3 Å². The van der Waals surface area contributed by atoms with Crippen molar-refractivity contribution in [3.63, 3.8) is 0 Å². The van der Waals surface area contributed by atoms with Crippen molar-refractivity contribution in [3.05, 3.63) is 26.9 Å². The van der Waals surface area contributed by atoms with Crippen molar-refractivity contribution in [1.82, 2.24) is 4.98 Å². The second kappa shape index (κ2) is 6.45. The Morgan fingerprint density at radius 2 is 2.12 bits per heavy atom. The third-order valence-corrected chi connectivity index (χ3v) is 3.30. The maximum absolute atomic E-state index is 9.35. The van der Waals surface area contributed by atoms with Gasteiger partial charge in [0.05, 0.1) is 17.9 Å². The molecule has 0 saturated carbocycles. The molecule has 6 heteroatoms. The molecule has 1 N–H and O–H groups in total. The lowest BCUT2D eigenvalue weighted by atomic mass is 10.2. The summed E-state index contributed by atoms with van der Waals surface area (Å²) >= 11 is 6.61. The molecule has 0 spiro atoms. The van der Waals surface area contributed by atoms with E-state index in [0.717, 1.165) is 4.47 Å². The van der Waals surface area contributed by atoms with Gasteiger partial charge in [0.15, 0.2) is 6.10 Å². The number of nitrogens with zero attached hydrogens (tertiary/aromatic N) is 2. The molecule has 1 aromatic rings. The molecule has 92 valence electrons. The summed E-state index contributed by atoms with van der Waals surface area (Å²) in [5, 5.41) is 18.4. The van der Waals surface area contributed by atoms with E-state index < -0.39 is 18.3 Å². The van der Waals surface area contributed by atoms with Crippen LogP contribution in [-0.4, -0.2) is 22.3 Å². The van der Waals surface area contributed by atoms with Gasteiger partial charge in [-0.1, -0.05) is 0 Å². The predicted molar refractivity (Wildman–Crippen MR) is 70.2 cm³/mol. The van der Waals surface area contributed by atoms with Crippen molar-refractivity contribution < 1.29 is 9.84 Å². The first kappa shape index (κ1) is 14.6. The molecule has 0 saturated heterocycles. The molecule has 0 radical (unpaired) electrons. The number of aliphatic hydroxyl groups is 1. The molecule has 0 aromatic carbocycles. The molecular formula is C11H12Br2N2O2. The van der Waals surface area contributed by atoms with Crippen molar-refractivity contribution in [2.45, 2.75) is 32.2 Å². The van der Waals surface area contributed by atoms with Gasteiger partial charge >= 0.3 is 0 Å². The molecule has 4 nitrogen and oxygen atoms in total. The molecule has 17 heavy (non-hydrogen) atoms. The van der Waals surface area contributed by atoms with E-state index in [1.54, 1.807) is 26.1 Å². The fraction of sp³-hybridized carbons (Fsp3) is 0.455. The van der Waals surface area contributed by atoms with Crippen LogP contribution in [-0.2, 0) is 4.74 Å². The van der Waals surface area contributed by atoms with E-state index in [9.17, 15) is 5.11 Å². The van der Waals surface area contributed by atoms with Crippen LogP contribution in [0.5, 0.6) is 0 Å². The number of hydrogen-bond donors (Lipinski definition) is 1. The van der Waals surface area contributed by atoms with Crippen molar-refractivity contribution in [2.24, 2.45) is 0 Å². The number of pyridine rings is 1. The Kier molecular flexibility index (Phi) is 5.53. The number of nitriles is 1. The SMILES string of the molecule is CC(O)C(C)OC(C#N)c1ncc(Br)cc1Br.